The van der Waals surface area contributed by atoms with Crippen molar-refractivity contribution in [1.82, 2.24) is 4.57 Å². The number of hydrogen-bond acceptors (Lipinski definition) is 3. The number of aromatic nitrogens is 1. The van der Waals surface area contributed by atoms with Crippen molar-refractivity contribution in [2.45, 2.75) is 11.4 Å². The summed E-state index contributed by atoms with van der Waals surface area (Å²) in [5.74, 6) is 0.293. The van der Waals surface area contributed by atoms with Crippen molar-refractivity contribution in [3.63, 3.8) is 0 Å². The molecule has 1 aromatic carbocycles. The molecule has 0 aliphatic heterocycles. The minimum Gasteiger partial charge on any atom is -0.398 e. The van der Waals surface area contributed by atoms with E-state index in [0.717, 1.165) is 0 Å². The minimum atomic E-state index is -1.26. The molecule has 7 heteroatoms. The predicted octanol–water partition coefficient (Wildman–Crippen LogP) is 2.55. The zero-order valence-electron chi connectivity index (χ0n) is 10.4. The van der Waals surface area contributed by atoms with Gasteiger partial charge in [-0.15, -0.1) is 0 Å². The molecule has 0 aliphatic rings. The summed E-state index contributed by atoms with van der Waals surface area (Å²) in [6.07, 6.45) is 1.54. The van der Waals surface area contributed by atoms with Gasteiger partial charge in [-0.1, -0.05) is 23.2 Å². The largest absolute Gasteiger partial charge is 0.398 e. The Labute approximate surface area is 128 Å². The first kappa shape index (κ1) is 15.1. The van der Waals surface area contributed by atoms with E-state index < -0.39 is 10.8 Å². The fourth-order valence-electron chi connectivity index (χ4n) is 1.64. The van der Waals surface area contributed by atoms with Crippen LogP contribution in [-0.4, -0.2) is 14.5 Å². The van der Waals surface area contributed by atoms with Gasteiger partial charge < -0.3 is 10.3 Å². The lowest BCUT2D eigenvalue weighted by molar-refractivity contribution is 0.669. The topological polar surface area (TPSA) is 65.1 Å². The first-order valence-corrected chi connectivity index (χ1v) is 7.84. The zero-order chi connectivity index (χ0) is 14.7. The molecule has 106 valence electrons. The van der Waals surface area contributed by atoms with Gasteiger partial charge >= 0.3 is 0 Å². The summed E-state index contributed by atoms with van der Waals surface area (Å²) in [5.41, 5.74) is 5.93. The number of nitrogens with two attached hydrogens (primary N) is 1. The molecule has 1 aromatic heterocycles. The van der Waals surface area contributed by atoms with Crippen molar-refractivity contribution >= 4 is 39.7 Å². The van der Waals surface area contributed by atoms with E-state index in [1.165, 1.54) is 22.9 Å². The van der Waals surface area contributed by atoms with Crippen LogP contribution in [0.5, 0.6) is 0 Å². The van der Waals surface area contributed by atoms with Gasteiger partial charge in [-0.25, -0.2) is 0 Å². The Balaban J connectivity index is 2.10. The molecule has 2 rings (SSSR count). The van der Waals surface area contributed by atoms with E-state index in [1.807, 2.05) is 0 Å². The fourth-order valence-corrected chi connectivity index (χ4v) is 3.07. The summed E-state index contributed by atoms with van der Waals surface area (Å²) in [7, 11) is -1.26. The van der Waals surface area contributed by atoms with E-state index >= 15 is 0 Å². The third kappa shape index (κ3) is 3.62. The van der Waals surface area contributed by atoms with Crippen LogP contribution in [0.25, 0.3) is 0 Å². The van der Waals surface area contributed by atoms with Gasteiger partial charge in [0, 0.05) is 35.1 Å². The lowest BCUT2D eigenvalue weighted by Crippen LogP contribution is -2.21. The van der Waals surface area contributed by atoms with Gasteiger partial charge in [0.2, 0.25) is 0 Å². The molecule has 0 bridgehead atoms. The maximum absolute atomic E-state index is 12.1. The molecule has 0 aliphatic carbocycles. The Morgan fingerprint density at radius 3 is 2.60 bits per heavy atom. The highest BCUT2D eigenvalue weighted by Gasteiger charge is 2.07. The summed E-state index contributed by atoms with van der Waals surface area (Å²) in [6, 6.07) is 7.75. The average Bonchev–Trinajstić information content (AvgIpc) is 2.42. The van der Waals surface area contributed by atoms with Crippen LogP contribution in [0.3, 0.4) is 0 Å². The Kier molecular flexibility index (Phi) is 4.86. The van der Waals surface area contributed by atoms with Crippen LogP contribution >= 0.6 is 23.2 Å². The van der Waals surface area contributed by atoms with E-state index in [4.69, 9.17) is 28.9 Å². The van der Waals surface area contributed by atoms with Crippen molar-refractivity contribution in [3.8, 4) is 0 Å². The smallest absolute Gasteiger partial charge is 0.250 e. The monoisotopic (exact) mass is 330 g/mol. The quantitative estimate of drug-likeness (QED) is 0.936. The molecule has 2 N–H and O–H groups in total. The number of hydrogen-bond donors (Lipinski definition) is 1. The van der Waals surface area contributed by atoms with Gasteiger partial charge in [0.05, 0.1) is 20.8 Å². The molecule has 20 heavy (non-hydrogen) atoms. The summed E-state index contributed by atoms with van der Waals surface area (Å²) < 4.78 is 13.6. The SMILES string of the molecule is Nc1ccc(=O)n(CCS(=O)c2ccc(Cl)c(Cl)c2)c1. The average molecular weight is 331 g/mol. The van der Waals surface area contributed by atoms with Gasteiger partial charge in [0.1, 0.15) is 0 Å². The second-order valence-corrected chi connectivity index (χ2v) is 6.50. The van der Waals surface area contributed by atoms with Crippen molar-refractivity contribution in [2.75, 3.05) is 11.5 Å². The van der Waals surface area contributed by atoms with Gasteiger partial charge in [0.25, 0.3) is 5.56 Å². The van der Waals surface area contributed by atoms with Gasteiger partial charge in [-0.05, 0) is 24.3 Å². The van der Waals surface area contributed by atoms with Crippen LogP contribution in [0.2, 0.25) is 10.0 Å². The van der Waals surface area contributed by atoms with Crippen molar-refractivity contribution in [1.29, 1.82) is 0 Å². The van der Waals surface area contributed by atoms with Gasteiger partial charge in [-0.2, -0.15) is 0 Å². The highest BCUT2D eigenvalue weighted by atomic mass is 35.5. The number of rotatable bonds is 4. The van der Waals surface area contributed by atoms with E-state index in [9.17, 15) is 9.00 Å². The third-order valence-electron chi connectivity index (χ3n) is 2.68. The lowest BCUT2D eigenvalue weighted by atomic mass is 10.4. The predicted molar refractivity (Wildman–Crippen MR) is 82.9 cm³/mol. The molecule has 0 saturated heterocycles. The van der Waals surface area contributed by atoms with Crippen molar-refractivity contribution in [3.05, 3.63) is 56.9 Å². The maximum Gasteiger partial charge on any atom is 0.250 e. The van der Waals surface area contributed by atoms with Crippen molar-refractivity contribution in [2.24, 2.45) is 0 Å². The lowest BCUT2D eigenvalue weighted by Gasteiger charge is -2.07. The second-order valence-electron chi connectivity index (χ2n) is 4.12. The molecule has 4 nitrogen and oxygen atoms in total. The number of halogens is 2. The van der Waals surface area contributed by atoms with Gasteiger partial charge in [0.15, 0.2) is 0 Å². The standard InChI is InChI=1S/C13H12Cl2N2O2S/c14-11-3-2-10(7-12(11)15)20(19)6-5-17-8-9(16)1-4-13(17)18/h1-4,7-8H,5-6,16H2. The second kappa shape index (κ2) is 6.43. The van der Waals surface area contributed by atoms with E-state index in [-0.39, 0.29) is 5.56 Å². The maximum atomic E-state index is 12.1. The summed E-state index contributed by atoms with van der Waals surface area (Å²) in [6.45, 7) is 0.316. The Morgan fingerprint density at radius 1 is 1.15 bits per heavy atom. The molecular weight excluding hydrogens is 319 g/mol. The molecule has 0 saturated carbocycles. The van der Waals surface area contributed by atoms with Crippen LogP contribution < -0.4 is 11.3 Å². The molecule has 2 aromatic rings. The van der Waals surface area contributed by atoms with E-state index in [2.05, 4.69) is 0 Å². The molecule has 1 heterocycles. The first-order chi connectivity index (χ1) is 9.47. The van der Waals surface area contributed by atoms with Gasteiger partial charge in [-0.3, -0.25) is 9.00 Å². The van der Waals surface area contributed by atoms with Crippen LogP contribution in [0.1, 0.15) is 0 Å². The highest BCUT2D eigenvalue weighted by molar-refractivity contribution is 7.85. The summed E-state index contributed by atoms with van der Waals surface area (Å²) >= 11 is 11.7. The molecule has 0 spiro atoms. The highest BCUT2D eigenvalue weighted by Crippen LogP contribution is 2.24. The fraction of sp³-hybridized carbons (Fsp3) is 0.154. The molecule has 1 unspecified atom stereocenters. The first-order valence-electron chi connectivity index (χ1n) is 5.77. The number of benzene rings is 1. The Morgan fingerprint density at radius 2 is 1.90 bits per heavy atom. The van der Waals surface area contributed by atoms with Crippen LogP contribution in [0.4, 0.5) is 5.69 Å². The zero-order valence-corrected chi connectivity index (χ0v) is 12.7. The Hall–Kier alpha value is -1.30. The van der Waals surface area contributed by atoms with Crippen LogP contribution in [0.15, 0.2) is 46.2 Å². The van der Waals surface area contributed by atoms with Crippen LogP contribution in [0, 0.1) is 0 Å². The molecule has 0 fully saturated rings. The number of nitrogens with zero attached hydrogens (tertiary/aromatic N) is 1. The van der Waals surface area contributed by atoms with E-state index in [0.29, 0.717) is 32.9 Å². The minimum absolute atomic E-state index is 0.176. The van der Waals surface area contributed by atoms with Crippen LogP contribution in [-0.2, 0) is 17.3 Å². The third-order valence-corrected chi connectivity index (χ3v) is 4.75. The number of nitrogen functional groups attached to an aromatic ring is 1. The summed E-state index contributed by atoms with van der Waals surface area (Å²) in [5, 5.41) is 0.776. The van der Waals surface area contributed by atoms with Crippen molar-refractivity contribution < 1.29 is 4.21 Å². The molecule has 0 amide bonds. The number of aryl methyl sites for hydroxylation is 1. The van der Waals surface area contributed by atoms with E-state index in [1.54, 1.807) is 18.2 Å². The normalized spacial score (nSPS) is 12.3. The number of anilines is 1. The molecule has 1 atom stereocenters. The Bertz CT molecular complexity index is 716. The summed E-state index contributed by atoms with van der Waals surface area (Å²) in [4.78, 5) is 12.2. The number of pyridine rings is 1. The molecule has 0 radical (unpaired) electrons. The molecular formula is C13H12Cl2N2O2S.